The molecule has 0 radical (unpaired) electrons. The summed E-state index contributed by atoms with van der Waals surface area (Å²) < 4.78 is 27.2. The number of aryl methyl sites for hydroxylation is 2. The zero-order valence-corrected chi connectivity index (χ0v) is 22.2. The molecule has 3 fully saturated rings. The number of nitrogens with one attached hydrogen (secondary N) is 1. The third kappa shape index (κ3) is 5.87. The SMILES string of the molecule is Cc1ncnc(C)c1C(=O)N1CC2CN(CCC(NC(=O)C3CCC(F)(F)CC3)c3ccccc3)CC2C1. The molecule has 9 heteroatoms. The van der Waals surface area contributed by atoms with E-state index in [9.17, 15) is 18.4 Å². The summed E-state index contributed by atoms with van der Waals surface area (Å²) in [6.07, 6.45) is 2.29. The van der Waals surface area contributed by atoms with Gasteiger partial charge in [0.25, 0.3) is 5.91 Å². The van der Waals surface area contributed by atoms with E-state index in [0.717, 1.165) is 56.1 Å². The van der Waals surface area contributed by atoms with Gasteiger partial charge in [0.15, 0.2) is 0 Å². The van der Waals surface area contributed by atoms with Crippen molar-refractivity contribution < 1.29 is 18.4 Å². The van der Waals surface area contributed by atoms with E-state index in [1.165, 1.54) is 6.33 Å². The lowest BCUT2D eigenvalue weighted by molar-refractivity contribution is -0.130. The maximum absolute atomic E-state index is 13.6. The Morgan fingerprint density at radius 2 is 1.61 bits per heavy atom. The van der Waals surface area contributed by atoms with Crippen molar-refractivity contribution in [2.24, 2.45) is 17.8 Å². The Labute approximate surface area is 223 Å². The summed E-state index contributed by atoms with van der Waals surface area (Å²) in [7, 11) is 0. The quantitative estimate of drug-likeness (QED) is 0.587. The number of carbonyl (C=O) groups excluding carboxylic acids is 2. The molecule has 5 rings (SSSR count). The number of hydrogen-bond donors (Lipinski definition) is 1. The Hall–Kier alpha value is -2.94. The second-order valence-corrected chi connectivity index (χ2v) is 11.3. The van der Waals surface area contributed by atoms with Crippen LogP contribution in [0, 0.1) is 31.6 Å². The summed E-state index contributed by atoms with van der Waals surface area (Å²) in [6, 6.07) is 9.74. The van der Waals surface area contributed by atoms with Crippen LogP contribution in [0.1, 0.15) is 65.5 Å². The molecule has 7 nitrogen and oxygen atoms in total. The van der Waals surface area contributed by atoms with E-state index in [1.807, 2.05) is 49.1 Å². The molecule has 1 N–H and O–H groups in total. The summed E-state index contributed by atoms with van der Waals surface area (Å²) in [6.45, 7) is 7.85. The molecule has 204 valence electrons. The fraction of sp³-hybridized carbons (Fsp3) is 0.586. The zero-order valence-electron chi connectivity index (χ0n) is 22.2. The van der Waals surface area contributed by atoms with E-state index in [-0.39, 0.29) is 49.5 Å². The maximum Gasteiger partial charge on any atom is 0.257 e. The van der Waals surface area contributed by atoms with Crippen LogP contribution in [0.3, 0.4) is 0 Å². The van der Waals surface area contributed by atoms with Gasteiger partial charge >= 0.3 is 0 Å². The number of halogens is 2. The van der Waals surface area contributed by atoms with E-state index in [2.05, 4.69) is 20.2 Å². The van der Waals surface area contributed by atoms with Crippen LogP contribution in [-0.2, 0) is 4.79 Å². The fourth-order valence-electron chi connectivity index (χ4n) is 6.41. The van der Waals surface area contributed by atoms with Crippen LogP contribution in [0.4, 0.5) is 8.78 Å². The molecular formula is C29H37F2N5O2. The van der Waals surface area contributed by atoms with Gasteiger partial charge in [-0.1, -0.05) is 30.3 Å². The molecule has 38 heavy (non-hydrogen) atoms. The molecule has 2 saturated heterocycles. The van der Waals surface area contributed by atoms with Gasteiger partial charge in [0.1, 0.15) is 6.33 Å². The Morgan fingerprint density at radius 1 is 1.00 bits per heavy atom. The lowest BCUT2D eigenvalue weighted by atomic mass is 9.86. The van der Waals surface area contributed by atoms with E-state index in [0.29, 0.717) is 17.4 Å². The maximum atomic E-state index is 13.6. The lowest BCUT2D eigenvalue weighted by Crippen LogP contribution is -2.39. The van der Waals surface area contributed by atoms with Crippen molar-refractivity contribution in [3.05, 3.63) is 59.2 Å². The summed E-state index contributed by atoms with van der Waals surface area (Å²) in [5.74, 6) is -2.23. The smallest absolute Gasteiger partial charge is 0.257 e. The molecule has 0 bridgehead atoms. The molecule has 3 unspecified atom stereocenters. The van der Waals surface area contributed by atoms with Gasteiger partial charge in [0, 0.05) is 51.5 Å². The first-order valence-corrected chi connectivity index (χ1v) is 13.7. The van der Waals surface area contributed by atoms with Crippen molar-refractivity contribution in [3.8, 4) is 0 Å². The molecule has 2 aromatic rings. The predicted molar refractivity (Wildman–Crippen MR) is 140 cm³/mol. The Kier molecular flexibility index (Phi) is 7.75. The Bertz CT molecular complexity index is 1120. The number of fused-ring (bicyclic) bond motifs is 1. The molecule has 3 atom stereocenters. The van der Waals surface area contributed by atoms with Crippen molar-refractivity contribution in [1.29, 1.82) is 0 Å². The van der Waals surface area contributed by atoms with Crippen molar-refractivity contribution in [3.63, 3.8) is 0 Å². The highest BCUT2D eigenvalue weighted by atomic mass is 19.3. The van der Waals surface area contributed by atoms with E-state index in [4.69, 9.17) is 0 Å². The predicted octanol–water partition coefficient (Wildman–Crippen LogP) is 4.17. The third-order valence-corrected chi connectivity index (χ3v) is 8.63. The van der Waals surface area contributed by atoms with E-state index in [1.54, 1.807) is 0 Å². The lowest BCUT2D eigenvalue weighted by Gasteiger charge is -2.30. The summed E-state index contributed by atoms with van der Waals surface area (Å²) in [5.41, 5.74) is 3.09. The van der Waals surface area contributed by atoms with Crippen molar-refractivity contribution in [2.75, 3.05) is 32.7 Å². The number of benzene rings is 1. The largest absolute Gasteiger partial charge is 0.349 e. The molecular weight excluding hydrogens is 488 g/mol. The van der Waals surface area contributed by atoms with Gasteiger partial charge in [-0.25, -0.2) is 18.7 Å². The zero-order chi connectivity index (χ0) is 26.9. The van der Waals surface area contributed by atoms with Gasteiger partial charge in [0.2, 0.25) is 11.8 Å². The second kappa shape index (κ2) is 11.0. The molecule has 1 aromatic carbocycles. The minimum Gasteiger partial charge on any atom is -0.349 e. The summed E-state index contributed by atoms with van der Waals surface area (Å²) in [5, 5.41) is 3.18. The Morgan fingerprint density at radius 3 is 2.21 bits per heavy atom. The van der Waals surface area contributed by atoms with Gasteiger partial charge in [0.05, 0.1) is 23.0 Å². The number of carbonyl (C=O) groups is 2. The molecule has 1 aliphatic carbocycles. The minimum atomic E-state index is -2.64. The first-order chi connectivity index (χ1) is 18.2. The third-order valence-electron chi connectivity index (χ3n) is 8.63. The number of hydrogen-bond acceptors (Lipinski definition) is 5. The van der Waals surface area contributed by atoms with Crippen LogP contribution in [0.15, 0.2) is 36.7 Å². The summed E-state index contributed by atoms with van der Waals surface area (Å²) in [4.78, 5) is 39.0. The highest BCUT2D eigenvalue weighted by molar-refractivity contribution is 5.96. The topological polar surface area (TPSA) is 78.4 Å². The van der Waals surface area contributed by atoms with Crippen molar-refractivity contribution in [2.45, 2.75) is 57.9 Å². The molecule has 3 heterocycles. The molecule has 2 amide bonds. The number of aromatic nitrogens is 2. The van der Waals surface area contributed by atoms with Crippen LogP contribution in [-0.4, -0.2) is 70.2 Å². The fourth-order valence-corrected chi connectivity index (χ4v) is 6.41. The first kappa shape index (κ1) is 26.7. The number of likely N-dealkylation sites (tertiary alicyclic amines) is 2. The minimum absolute atomic E-state index is 0.0221. The average Bonchev–Trinajstić information content (AvgIpc) is 3.46. The highest BCUT2D eigenvalue weighted by Crippen LogP contribution is 2.37. The molecule has 2 aliphatic heterocycles. The second-order valence-electron chi connectivity index (χ2n) is 11.3. The van der Waals surface area contributed by atoms with Crippen LogP contribution >= 0.6 is 0 Å². The van der Waals surface area contributed by atoms with Crippen LogP contribution in [0.5, 0.6) is 0 Å². The van der Waals surface area contributed by atoms with Gasteiger partial charge in [-0.3, -0.25) is 9.59 Å². The normalized spacial score (nSPS) is 24.3. The number of nitrogens with zero attached hydrogens (tertiary/aromatic N) is 4. The van der Waals surface area contributed by atoms with Crippen LogP contribution < -0.4 is 5.32 Å². The molecule has 1 aromatic heterocycles. The van der Waals surface area contributed by atoms with Gasteiger partial charge in [-0.05, 0) is 50.5 Å². The number of amides is 2. The Balaban J connectivity index is 1.16. The summed E-state index contributed by atoms with van der Waals surface area (Å²) >= 11 is 0. The van der Waals surface area contributed by atoms with Crippen LogP contribution in [0.25, 0.3) is 0 Å². The molecule has 0 spiro atoms. The molecule has 1 saturated carbocycles. The van der Waals surface area contributed by atoms with Gasteiger partial charge < -0.3 is 15.1 Å². The van der Waals surface area contributed by atoms with Gasteiger partial charge in [-0.15, -0.1) is 0 Å². The highest BCUT2D eigenvalue weighted by Gasteiger charge is 2.42. The monoisotopic (exact) mass is 525 g/mol. The van der Waals surface area contributed by atoms with E-state index >= 15 is 0 Å². The average molecular weight is 526 g/mol. The van der Waals surface area contributed by atoms with Crippen molar-refractivity contribution >= 4 is 11.8 Å². The number of alkyl halides is 2. The van der Waals surface area contributed by atoms with E-state index < -0.39 is 5.92 Å². The molecule has 3 aliphatic rings. The first-order valence-electron chi connectivity index (χ1n) is 13.7. The van der Waals surface area contributed by atoms with Crippen molar-refractivity contribution in [1.82, 2.24) is 25.1 Å². The van der Waals surface area contributed by atoms with Crippen LogP contribution in [0.2, 0.25) is 0 Å². The van der Waals surface area contributed by atoms with Gasteiger partial charge in [-0.2, -0.15) is 0 Å². The number of rotatable bonds is 7. The standard InChI is InChI=1S/C29H37F2N5O2/c1-19-26(20(2)33-18-32-19)28(38)36-16-23-14-35(15-24(23)17-36)13-10-25(21-6-4-3-5-7-21)34-27(37)22-8-11-29(30,31)12-9-22/h3-7,18,22-25H,8-17H2,1-2H3,(H,34,37).